The Morgan fingerprint density at radius 3 is 2.64 bits per heavy atom. The lowest BCUT2D eigenvalue weighted by atomic mass is 10.3. The van der Waals surface area contributed by atoms with Gasteiger partial charge in [-0.05, 0) is 26.0 Å². The van der Waals surface area contributed by atoms with Gasteiger partial charge in [0.15, 0.2) is 0 Å². The highest BCUT2D eigenvalue weighted by molar-refractivity contribution is 7.89. The van der Waals surface area contributed by atoms with E-state index in [1.165, 1.54) is 24.0 Å². The lowest BCUT2D eigenvalue weighted by Gasteiger charge is -2.12. The number of amides is 1. The van der Waals surface area contributed by atoms with Crippen LogP contribution in [0.1, 0.15) is 13.8 Å². The molecule has 1 aromatic heterocycles. The highest BCUT2D eigenvalue weighted by Crippen LogP contribution is 2.12. The molecule has 2 rings (SSSR count). The van der Waals surface area contributed by atoms with E-state index >= 15 is 0 Å². The molecule has 0 radical (unpaired) electrons. The van der Waals surface area contributed by atoms with Gasteiger partial charge in [-0.2, -0.15) is 9.82 Å². The molecule has 1 aromatic carbocycles. The van der Waals surface area contributed by atoms with Gasteiger partial charge in [-0.3, -0.25) is 4.79 Å². The number of likely N-dealkylation sites (N-methyl/N-ethyl adjacent to an activating group) is 1. The SMILES string of the molecule is CCNC(=O)[C@H](C)NS(=O)(=O)c1cnn(-c2ccccc2)c1. The molecular formula is C14H18N4O3S. The highest BCUT2D eigenvalue weighted by atomic mass is 32.2. The molecular weight excluding hydrogens is 304 g/mol. The van der Waals surface area contributed by atoms with Gasteiger partial charge in [0.2, 0.25) is 15.9 Å². The van der Waals surface area contributed by atoms with Crippen LogP contribution >= 0.6 is 0 Å². The van der Waals surface area contributed by atoms with Crippen molar-refractivity contribution >= 4 is 15.9 Å². The van der Waals surface area contributed by atoms with Crippen molar-refractivity contribution in [2.45, 2.75) is 24.8 Å². The van der Waals surface area contributed by atoms with Crippen molar-refractivity contribution in [2.75, 3.05) is 6.54 Å². The second kappa shape index (κ2) is 6.71. The summed E-state index contributed by atoms with van der Waals surface area (Å²) in [5.74, 6) is -0.374. The maximum absolute atomic E-state index is 12.3. The number of para-hydroxylation sites is 1. The molecule has 8 heteroatoms. The van der Waals surface area contributed by atoms with E-state index in [-0.39, 0.29) is 10.8 Å². The van der Waals surface area contributed by atoms with E-state index in [0.29, 0.717) is 6.54 Å². The monoisotopic (exact) mass is 322 g/mol. The molecule has 0 saturated heterocycles. The lowest BCUT2D eigenvalue weighted by Crippen LogP contribution is -2.44. The second-order valence-electron chi connectivity index (χ2n) is 4.69. The number of carbonyl (C=O) groups excluding carboxylic acids is 1. The molecule has 1 amide bonds. The zero-order valence-electron chi connectivity index (χ0n) is 12.4. The first kappa shape index (κ1) is 16.2. The Hall–Kier alpha value is -2.19. The summed E-state index contributed by atoms with van der Waals surface area (Å²) in [5.41, 5.74) is 0.751. The lowest BCUT2D eigenvalue weighted by molar-refractivity contribution is -0.122. The molecule has 22 heavy (non-hydrogen) atoms. The van der Waals surface area contributed by atoms with Gasteiger partial charge >= 0.3 is 0 Å². The molecule has 0 saturated carbocycles. The second-order valence-corrected chi connectivity index (χ2v) is 6.41. The molecule has 1 atom stereocenters. The third-order valence-electron chi connectivity index (χ3n) is 2.97. The van der Waals surface area contributed by atoms with E-state index in [2.05, 4.69) is 15.1 Å². The number of nitrogens with zero attached hydrogens (tertiary/aromatic N) is 2. The van der Waals surface area contributed by atoms with Crippen LogP contribution in [0.2, 0.25) is 0 Å². The van der Waals surface area contributed by atoms with E-state index in [1.54, 1.807) is 6.92 Å². The number of carbonyl (C=O) groups is 1. The summed E-state index contributed by atoms with van der Waals surface area (Å²) >= 11 is 0. The maximum Gasteiger partial charge on any atom is 0.244 e. The first-order chi connectivity index (χ1) is 10.4. The van der Waals surface area contributed by atoms with Gasteiger partial charge in [0.1, 0.15) is 4.90 Å². The summed E-state index contributed by atoms with van der Waals surface area (Å²) in [6.07, 6.45) is 2.65. The molecule has 0 aliphatic carbocycles. The van der Waals surface area contributed by atoms with Crippen LogP contribution in [0.4, 0.5) is 0 Å². The topological polar surface area (TPSA) is 93.1 Å². The minimum Gasteiger partial charge on any atom is -0.355 e. The Bertz CT molecular complexity index is 740. The molecule has 0 spiro atoms. The zero-order valence-corrected chi connectivity index (χ0v) is 13.2. The molecule has 2 N–H and O–H groups in total. The number of sulfonamides is 1. The standard InChI is InChI=1S/C14H18N4O3S/c1-3-15-14(19)11(2)17-22(20,21)13-9-16-18(10-13)12-7-5-4-6-8-12/h4-11,17H,3H2,1-2H3,(H,15,19)/t11-/m0/s1. The van der Waals surface area contributed by atoms with Crippen molar-refractivity contribution in [1.82, 2.24) is 19.8 Å². The van der Waals surface area contributed by atoms with Crippen LogP contribution in [0.5, 0.6) is 0 Å². The molecule has 0 unspecified atom stereocenters. The molecule has 118 valence electrons. The van der Waals surface area contributed by atoms with Crippen molar-refractivity contribution in [1.29, 1.82) is 0 Å². The fourth-order valence-corrected chi connectivity index (χ4v) is 2.98. The van der Waals surface area contributed by atoms with Crippen LogP contribution in [-0.4, -0.2) is 36.7 Å². The summed E-state index contributed by atoms with van der Waals surface area (Å²) in [4.78, 5) is 11.6. The summed E-state index contributed by atoms with van der Waals surface area (Å²) in [6, 6.07) is 8.30. The first-order valence-electron chi connectivity index (χ1n) is 6.84. The molecule has 2 aromatic rings. The van der Waals surface area contributed by atoms with Crippen LogP contribution in [0.3, 0.4) is 0 Å². The Morgan fingerprint density at radius 2 is 2.00 bits per heavy atom. The molecule has 7 nitrogen and oxygen atoms in total. The van der Waals surface area contributed by atoms with Crippen molar-refractivity contribution in [3.05, 3.63) is 42.7 Å². The van der Waals surface area contributed by atoms with E-state index in [0.717, 1.165) is 5.69 Å². The van der Waals surface area contributed by atoms with Crippen molar-refractivity contribution in [3.8, 4) is 5.69 Å². The summed E-state index contributed by atoms with van der Waals surface area (Å²) in [5, 5.41) is 6.60. The summed E-state index contributed by atoms with van der Waals surface area (Å²) in [7, 11) is -3.80. The smallest absolute Gasteiger partial charge is 0.244 e. The van der Waals surface area contributed by atoms with E-state index < -0.39 is 16.1 Å². The van der Waals surface area contributed by atoms with Crippen LogP contribution < -0.4 is 10.0 Å². The molecule has 0 aliphatic heterocycles. The van der Waals surface area contributed by atoms with Gasteiger partial charge in [-0.1, -0.05) is 18.2 Å². The van der Waals surface area contributed by atoms with Crippen molar-refractivity contribution < 1.29 is 13.2 Å². The average molecular weight is 322 g/mol. The third-order valence-corrected chi connectivity index (χ3v) is 4.46. The van der Waals surface area contributed by atoms with Crippen molar-refractivity contribution in [2.24, 2.45) is 0 Å². The highest BCUT2D eigenvalue weighted by Gasteiger charge is 2.23. The maximum atomic E-state index is 12.3. The summed E-state index contributed by atoms with van der Waals surface area (Å²) < 4.78 is 28.3. The van der Waals surface area contributed by atoms with Crippen LogP contribution in [-0.2, 0) is 14.8 Å². The fraction of sp³-hybridized carbons (Fsp3) is 0.286. The van der Waals surface area contributed by atoms with Gasteiger partial charge in [0.05, 0.1) is 24.1 Å². The van der Waals surface area contributed by atoms with E-state index in [4.69, 9.17) is 0 Å². The Balaban J connectivity index is 2.17. The Labute approximate surface area is 129 Å². The number of hydrogen-bond donors (Lipinski definition) is 2. The first-order valence-corrected chi connectivity index (χ1v) is 8.32. The number of hydrogen-bond acceptors (Lipinski definition) is 4. The van der Waals surface area contributed by atoms with E-state index in [9.17, 15) is 13.2 Å². The quantitative estimate of drug-likeness (QED) is 0.818. The van der Waals surface area contributed by atoms with Gasteiger partial charge in [0, 0.05) is 6.54 Å². The number of rotatable bonds is 6. The number of benzene rings is 1. The minimum atomic E-state index is -3.80. The number of nitrogens with one attached hydrogen (secondary N) is 2. The van der Waals surface area contributed by atoms with Gasteiger partial charge in [-0.25, -0.2) is 13.1 Å². The Morgan fingerprint density at radius 1 is 1.32 bits per heavy atom. The average Bonchev–Trinajstić information content (AvgIpc) is 2.98. The van der Waals surface area contributed by atoms with Crippen molar-refractivity contribution in [3.63, 3.8) is 0 Å². The molecule has 0 aliphatic rings. The van der Waals surface area contributed by atoms with Gasteiger partial charge < -0.3 is 5.32 Å². The Kier molecular flexibility index (Phi) is 4.94. The van der Waals surface area contributed by atoms with Gasteiger partial charge in [0.25, 0.3) is 0 Å². The largest absolute Gasteiger partial charge is 0.355 e. The van der Waals surface area contributed by atoms with E-state index in [1.807, 2.05) is 30.3 Å². The zero-order chi connectivity index (χ0) is 16.2. The molecule has 0 bridgehead atoms. The minimum absolute atomic E-state index is 0.00695. The van der Waals surface area contributed by atoms with Crippen LogP contribution in [0.25, 0.3) is 5.69 Å². The molecule has 0 fully saturated rings. The van der Waals surface area contributed by atoms with Crippen LogP contribution in [0.15, 0.2) is 47.6 Å². The normalized spacial score (nSPS) is 12.8. The predicted octanol–water partition coefficient (Wildman–Crippen LogP) is 0.675. The van der Waals surface area contributed by atoms with Crippen LogP contribution in [0, 0.1) is 0 Å². The predicted molar refractivity (Wildman–Crippen MR) is 82.0 cm³/mol. The third kappa shape index (κ3) is 3.71. The number of aromatic nitrogens is 2. The molecule has 1 heterocycles. The fourth-order valence-electron chi connectivity index (χ4n) is 1.85. The van der Waals surface area contributed by atoms with Gasteiger partial charge in [-0.15, -0.1) is 0 Å². The summed E-state index contributed by atoms with van der Waals surface area (Å²) in [6.45, 7) is 3.70.